The number of hydrogen-bond donors (Lipinski definition) is 1. The van der Waals surface area contributed by atoms with E-state index in [2.05, 4.69) is 5.32 Å². The lowest BCUT2D eigenvalue weighted by Gasteiger charge is -2.42. The number of imidazole rings is 1. The topological polar surface area (TPSA) is 68.6 Å². The van der Waals surface area contributed by atoms with Crippen LogP contribution in [0, 0.1) is 17.6 Å². The summed E-state index contributed by atoms with van der Waals surface area (Å²) in [7, 11) is 1.56. The third kappa shape index (κ3) is 7.09. The third-order valence-corrected chi connectivity index (χ3v) is 8.67. The van der Waals surface area contributed by atoms with Gasteiger partial charge in [0, 0.05) is 56.2 Å². The van der Waals surface area contributed by atoms with Crippen LogP contribution in [0.15, 0.2) is 48.7 Å². The van der Waals surface area contributed by atoms with Gasteiger partial charge in [0.05, 0.1) is 11.3 Å². The van der Waals surface area contributed by atoms with E-state index in [-0.39, 0.29) is 35.8 Å². The van der Waals surface area contributed by atoms with E-state index in [1.165, 1.54) is 30.3 Å². The lowest BCUT2D eigenvalue weighted by atomic mass is 9.93. The summed E-state index contributed by atoms with van der Waals surface area (Å²) in [6, 6.07) is 9.42. The van der Waals surface area contributed by atoms with E-state index in [1.807, 2.05) is 18.4 Å². The zero-order chi connectivity index (χ0) is 30.7. The van der Waals surface area contributed by atoms with Gasteiger partial charge in [-0.2, -0.15) is 0 Å². The molecule has 43 heavy (non-hydrogen) atoms. The van der Waals surface area contributed by atoms with E-state index in [9.17, 15) is 13.6 Å². The van der Waals surface area contributed by atoms with Crippen molar-refractivity contribution >= 4 is 17.5 Å². The number of amides is 1. The summed E-state index contributed by atoms with van der Waals surface area (Å²) in [4.78, 5) is 20.9. The van der Waals surface area contributed by atoms with Gasteiger partial charge in [0.25, 0.3) is 5.91 Å². The molecule has 1 N–H and O–H groups in total. The molecule has 0 aliphatic carbocycles. The lowest BCUT2D eigenvalue weighted by molar-refractivity contribution is -0.153. The van der Waals surface area contributed by atoms with Gasteiger partial charge in [-0.15, -0.1) is 0 Å². The molecule has 1 amide bonds. The molecule has 0 radical (unpaired) electrons. The Kier molecular flexibility index (Phi) is 9.80. The van der Waals surface area contributed by atoms with Crippen LogP contribution in [-0.4, -0.2) is 71.6 Å². The number of carbonyl (C=O) groups is 1. The quantitative estimate of drug-likeness (QED) is 0.288. The Morgan fingerprint density at radius 1 is 1.28 bits per heavy atom. The van der Waals surface area contributed by atoms with Crippen LogP contribution in [0.4, 0.5) is 13.2 Å². The highest BCUT2D eigenvalue weighted by Crippen LogP contribution is 2.38. The van der Waals surface area contributed by atoms with Crippen molar-refractivity contribution in [1.29, 1.82) is 0 Å². The molecule has 3 aromatic rings. The van der Waals surface area contributed by atoms with Crippen molar-refractivity contribution in [2.45, 2.75) is 63.4 Å². The summed E-state index contributed by atoms with van der Waals surface area (Å²) >= 11 is 6.24. The Labute approximate surface area is 255 Å². The molecule has 2 aliphatic rings. The molecular weight excluding hydrogens is 581 g/mol. The number of nitrogens with zero attached hydrogens (tertiary/aromatic N) is 3. The maximum absolute atomic E-state index is 15.1. The van der Waals surface area contributed by atoms with E-state index in [4.69, 9.17) is 26.1 Å². The van der Waals surface area contributed by atoms with Crippen LogP contribution in [0.25, 0.3) is 11.3 Å². The fraction of sp³-hybridized carbons (Fsp3) is 0.500. The molecule has 4 atom stereocenters. The second-order valence-electron chi connectivity index (χ2n) is 11.9. The van der Waals surface area contributed by atoms with E-state index in [1.54, 1.807) is 30.3 Å². The van der Waals surface area contributed by atoms with Crippen LogP contribution >= 0.6 is 11.6 Å². The predicted molar refractivity (Wildman–Crippen MR) is 159 cm³/mol. The molecule has 0 unspecified atom stereocenters. The van der Waals surface area contributed by atoms with Crippen LogP contribution in [-0.2, 0) is 20.8 Å². The molecule has 7 nitrogen and oxygen atoms in total. The van der Waals surface area contributed by atoms with E-state index in [0.717, 1.165) is 6.42 Å². The van der Waals surface area contributed by atoms with Crippen molar-refractivity contribution < 1.29 is 27.4 Å². The number of nitrogens with one attached hydrogen (secondary N) is 1. The Bertz CT molecular complexity index is 1430. The van der Waals surface area contributed by atoms with Crippen LogP contribution in [0.1, 0.15) is 50.5 Å². The van der Waals surface area contributed by atoms with Crippen LogP contribution < -0.4 is 5.32 Å². The normalized spacial score (nSPS) is 21.3. The van der Waals surface area contributed by atoms with Gasteiger partial charge in [-0.3, -0.25) is 4.79 Å². The fourth-order valence-corrected chi connectivity index (χ4v) is 6.26. The summed E-state index contributed by atoms with van der Waals surface area (Å²) in [5.74, 6) is -0.675. The van der Waals surface area contributed by atoms with Gasteiger partial charge in [0.2, 0.25) is 0 Å². The van der Waals surface area contributed by atoms with Gasteiger partial charge in [0.1, 0.15) is 36.3 Å². The molecular formula is C32H38ClF3N4O3. The predicted octanol–water partition coefficient (Wildman–Crippen LogP) is 5.95. The first-order valence-electron chi connectivity index (χ1n) is 14.6. The Balaban J connectivity index is 1.65. The first-order chi connectivity index (χ1) is 20.6. The van der Waals surface area contributed by atoms with Crippen LogP contribution in [0.5, 0.6) is 0 Å². The number of hydrogen-bond acceptors (Lipinski definition) is 5. The highest BCUT2D eigenvalue weighted by atomic mass is 35.5. The molecule has 2 aliphatic heterocycles. The number of methoxy groups -OCH3 is 1. The zero-order valence-electron chi connectivity index (χ0n) is 24.7. The maximum Gasteiger partial charge on any atom is 0.252 e. The van der Waals surface area contributed by atoms with Crippen LogP contribution in [0.3, 0.4) is 0 Å². The zero-order valence-corrected chi connectivity index (χ0v) is 25.4. The smallest absolute Gasteiger partial charge is 0.252 e. The molecule has 1 aromatic heterocycles. The number of benzene rings is 2. The minimum atomic E-state index is -0.977. The van der Waals surface area contributed by atoms with Crippen molar-refractivity contribution in [3.05, 3.63) is 76.7 Å². The molecule has 0 spiro atoms. The number of aromatic nitrogens is 2. The molecule has 232 valence electrons. The van der Waals surface area contributed by atoms with E-state index >= 15 is 4.39 Å². The van der Waals surface area contributed by atoms with Crippen molar-refractivity contribution in [3.8, 4) is 11.3 Å². The second-order valence-corrected chi connectivity index (χ2v) is 12.4. The third-order valence-electron chi connectivity index (χ3n) is 8.44. The standard InChI is InChI=1S/C32H38ClF3N4O3/c1-32(2,42-3)29(40(31(41)28-8-5-11-43-28)18-21-13-24(15-34)37-16-21)30-38-27(25-14-22(33)9-10-26(25)36)19-39(30)17-20-6-4-7-23(35)12-20/h4,6-7,9-10,12,14,19,21,24,28-29,37H,5,8,11,13,15-18H2,1-3H3/t21-,24-,28-,29-/m0/s1. The molecule has 2 saturated heterocycles. The minimum absolute atomic E-state index is 0.0160. The van der Waals surface area contributed by atoms with Crippen molar-refractivity contribution in [2.75, 3.05) is 33.5 Å². The van der Waals surface area contributed by atoms with Gasteiger partial charge in [-0.05, 0) is 74.9 Å². The minimum Gasteiger partial charge on any atom is -0.376 e. The number of carbonyl (C=O) groups excluding carboxylic acids is 1. The summed E-state index contributed by atoms with van der Waals surface area (Å²) in [5.41, 5.74) is 0.194. The second kappa shape index (κ2) is 13.4. The molecule has 5 rings (SSSR count). The summed E-state index contributed by atoms with van der Waals surface area (Å²) in [5, 5.41) is 3.55. The van der Waals surface area contributed by atoms with Gasteiger partial charge < -0.3 is 24.3 Å². The molecule has 3 heterocycles. The highest BCUT2D eigenvalue weighted by Gasteiger charge is 2.45. The molecule has 0 saturated carbocycles. The Morgan fingerprint density at radius 2 is 2.09 bits per heavy atom. The van der Waals surface area contributed by atoms with Crippen molar-refractivity contribution in [1.82, 2.24) is 19.8 Å². The maximum atomic E-state index is 15.1. The first-order valence-corrected chi connectivity index (χ1v) is 15.0. The van der Waals surface area contributed by atoms with Crippen molar-refractivity contribution in [3.63, 3.8) is 0 Å². The van der Waals surface area contributed by atoms with Gasteiger partial charge in [0.15, 0.2) is 0 Å². The molecule has 0 bridgehead atoms. The van der Waals surface area contributed by atoms with Gasteiger partial charge >= 0.3 is 0 Å². The van der Waals surface area contributed by atoms with E-state index in [0.29, 0.717) is 54.6 Å². The Morgan fingerprint density at radius 3 is 2.77 bits per heavy atom. The summed E-state index contributed by atoms with van der Waals surface area (Å²) < 4.78 is 56.5. The summed E-state index contributed by atoms with van der Waals surface area (Å²) in [6.07, 6.45) is 2.99. The highest BCUT2D eigenvalue weighted by molar-refractivity contribution is 6.30. The van der Waals surface area contributed by atoms with Gasteiger partial charge in [-0.1, -0.05) is 23.7 Å². The fourth-order valence-electron chi connectivity index (χ4n) is 6.09. The van der Waals surface area contributed by atoms with Crippen molar-refractivity contribution in [2.24, 2.45) is 5.92 Å². The van der Waals surface area contributed by atoms with E-state index < -0.39 is 30.2 Å². The monoisotopic (exact) mass is 618 g/mol. The molecule has 2 fully saturated rings. The summed E-state index contributed by atoms with van der Waals surface area (Å²) in [6.45, 7) is 4.81. The molecule has 11 heteroatoms. The lowest BCUT2D eigenvalue weighted by Crippen LogP contribution is -2.52. The Hall–Kier alpha value is -2.92. The number of alkyl halides is 1. The number of halogens is 4. The SMILES string of the molecule is COC(C)(C)[C@H](c1nc(-c2cc(Cl)ccc2F)cn1Cc1cccc(F)c1)N(C[C@@H]1CN[C@H](CF)C1)C(=O)[C@@H]1CCCO1. The van der Waals surface area contributed by atoms with Gasteiger partial charge in [-0.25, -0.2) is 18.2 Å². The molecule has 2 aromatic carbocycles. The number of ether oxygens (including phenoxy) is 2. The number of rotatable bonds is 11. The first kappa shape index (κ1) is 31.5. The van der Waals surface area contributed by atoms with Crippen LogP contribution in [0.2, 0.25) is 5.02 Å². The largest absolute Gasteiger partial charge is 0.376 e. The average molecular weight is 619 g/mol. The average Bonchev–Trinajstić information content (AvgIpc) is 3.76.